The van der Waals surface area contributed by atoms with Gasteiger partial charge in [-0.15, -0.1) is 13.2 Å². The summed E-state index contributed by atoms with van der Waals surface area (Å²) >= 11 is 3.41. The minimum Gasteiger partial charge on any atom is -0.406 e. The van der Waals surface area contributed by atoms with Crippen molar-refractivity contribution in [3.8, 4) is 5.75 Å². The van der Waals surface area contributed by atoms with Gasteiger partial charge in [0.25, 0.3) is 0 Å². The number of alkyl halides is 3. The second kappa shape index (κ2) is 6.17. The number of hydrogen-bond donors (Lipinski definition) is 1. The summed E-state index contributed by atoms with van der Waals surface area (Å²) in [5.74, 6) is -0.220. The smallest absolute Gasteiger partial charge is 0.406 e. The van der Waals surface area contributed by atoms with E-state index in [1.165, 1.54) is 12.1 Å². The monoisotopic (exact) mass is 345 g/mol. The molecule has 0 fully saturated rings. The van der Waals surface area contributed by atoms with Gasteiger partial charge in [0.1, 0.15) is 5.75 Å². The van der Waals surface area contributed by atoms with Crippen LogP contribution in [0.2, 0.25) is 0 Å². The van der Waals surface area contributed by atoms with Gasteiger partial charge in [-0.25, -0.2) is 0 Å². The highest BCUT2D eigenvalue weighted by Gasteiger charge is 2.30. The van der Waals surface area contributed by atoms with Crippen molar-refractivity contribution >= 4 is 21.6 Å². The highest BCUT2D eigenvalue weighted by atomic mass is 79.9. The summed E-state index contributed by atoms with van der Waals surface area (Å²) in [7, 11) is 0. The second-order valence-corrected chi connectivity index (χ2v) is 4.88. The van der Waals surface area contributed by atoms with Crippen molar-refractivity contribution in [3.63, 3.8) is 0 Å². The summed E-state index contributed by atoms with van der Waals surface area (Å²) in [6.07, 6.45) is -4.66. The maximum atomic E-state index is 12.0. The van der Waals surface area contributed by atoms with Crippen molar-refractivity contribution < 1.29 is 17.9 Å². The third-order valence-electron chi connectivity index (χ3n) is 2.51. The highest BCUT2D eigenvalue weighted by molar-refractivity contribution is 9.10. The molecule has 0 saturated heterocycles. The van der Waals surface area contributed by atoms with E-state index in [9.17, 15) is 13.2 Å². The summed E-state index contributed by atoms with van der Waals surface area (Å²) in [6, 6.07) is 13.4. The zero-order chi connectivity index (χ0) is 14.6. The van der Waals surface area contributed by atoms with Gasteiger partial charge in [0, 0.05) is 16.7 Å². The predicted octanol–water partition coefficient (Wildman–Crippen LogP) is 4.96. The molecule has 106 valence electrons. The van der Waals surface area contributed by atoms with E-state index < -0.39 is 6.36 Å². The molecule has 0 unspecified atom stereocenters. The van der Waals surface area contributed by atoms with Crippen LogP contribution >= 0.6 is 15.9 Å². The lowest BCUT2D eigenvalue weighted by molar-refractivity contribution is -0.274. The van der Waals surface area contributed by atoms with E-state index >= 15 is 0 Å². The first-order valence-corrected chi connectivity index (χ1v) is 6.56. The first kappa shape index (κ1) is 14.7. The van der Waals surface area contributed by atoms with Crippen LogP contribution < -0.4 is 10.1 Å². The van der Waals surface area contributed by atoms with Crippen LogP contribution in [0.5, 0.6) is 5.75 Å². The van der Waals surface area contributed by atoms with Crippen LogP contribution in [-0.2, 0) is 6.54 Å². The Balaban J connectivity index is 1.96. The zero-order valence-corrected chi connectivity index (χ0v) is 11.8. The van der Waals surface area contributed by atoms with Crippen LogP contribution in [0.1, 0.15) is 5.56 Å². The van der Waals surface area contributed by atoms with Gasteiger partial charge in [-0.2, -0.15) is 0 Å². The lowest BCUT2D eigenvalue weighted by Gasteiger charge is -2.11. The average Bonchev–Trinajstić information content (AvgIpc) is 2.38. The number of benzene rings is 2. The Morgan fingerprint density at radius 2 is 1.65 bits per heavy atom. The molecular weight excluding hydrogens is 335 g/mol. The lowest BCUT2D eigenvalue weighted by Crippen LogP contribution is -2.17. The van der Waals surface area contributed by atoms with Gasteiger partial charge in [-0.3, -0.25) is 0 Å². The molecule has 0 saturated carbocycles. The third-order valence-corrected chi connectivity index (χ3v) is 3.21. The molecular formula is C14H11BrF3NO. The topological polar surface area (TPSA) is 21.3 Å². The van der Waals surface area contributed by atoms with Gasteiger partial charge < -0.3 is 10.1 Å². The molecule has 1 N–H and O–H groups in total. The van der Waals surface area contributed by atoms with E-state index in [4.69, 9.17) is 0 Å². The van der Waals surface area contributed by atoms with Gasteiger partial charge in [-0.1, -0.05) is 24.3 Å². The lowest BCUT2D eigenvalue weighted by atomic mass is 10.2. The Morgan fingerprint density at radius 3 is 2.25 bits per heavy atom. The standard InChI is InChI=1S/C14H11BrF3NO/c15-12-3-1-2-4-13(12)19-9-10-5-7-11(8-6-10)20-14(16,17)18/h1-8,19H,9H2. The Bertz CT molecular complexity index is 569. The van der Waals surface area contributed by atoms with Crippen LogP contribution in [0, 0.1) is 0 Å². The fourth-order valence-electron chi connectivity index (χ4n) is 1.61. The van der Waals surface area contributed by atoms with Crippen LogP contribution in [0.25, 0.3) is 0 Å². The van der Waals surface area contributed by atoms with E-state index in [-0.39, 0.29) is 5.75 Å². The predicted molar refractivity (Wildman–Crippen MR) is 74.6 cm³/mol. The SMILES string of the molecule is FC(F)(F)Oc1ccc(CNc2ccccc2Br)cc1. The summed E-state index contributed by atoms with van der Waals surface area (Å²) in [5.41, 5.74) is 1.78. The van der Waals surface area contributed by atoms with Crippen molar-refractivity contribution in [1.82, 2.24) is 0 Å². The van der Waals surface area contributed by atoms with Gasteiger partial charge in [0.15, 0.2) is 0 Å². The maximum absolute atomic E-state index is 12.0. The number of para-hydroxylation sites is 1. The minimum absolute atomic E-state index is 0.220. The van der Waals surface area contributed by atoms with E-state index in [2.05, 4.69) is 26.0 Å². The third kappa shape index (κ3) is 4.45. The van der Waals surface area contributed by atoms with Crippen LogP contribution in [0.3, 0.4) is 0 Å². The van der Waals surface area contributed by atoms with Crippen LogP contribution in [0.4, 0.5) is 18.9 Å². The molecule has 6 heteroatoms. The quantitative estimate of drug-likeness (QED) is 0.845. The number of rotatable bonds is 4. The number of hydrogen-bond acceptors (Lipinski definition) is 2. The molecule has 0 atom stereocenters. The molecule has 0 aromatic heterocycles. The molecule has 0 spiro atoms. The molecule has 0 aliphatic carbocycles. The van der Waals surface area contributed by atoms with Crippen molar-refractivity contribution in [3.05, 3.63) is 58.6 Å². The van der Waals surface area contributed by atoms with Crippen LogP contribution in [0.15, 0.2) is 53.0 Å². The molecule has 0 radical (unpaired) electrons. The summed E-state index contributed by atoms with van der Waals surface area (Å²) in [5, 5.41) is 3.19. The van der Waals surface area contributed by atoms with E-state index in [0.717, 1.165) is 15.7 Å². The Hall–Kier alpha value is -1.69. The molecule has 2 rings (SSSR count). The normalized spacial score (nSPS) is 11.2. The molecule has 0 heterocycles. The van der Waals surface area contributed by atoms with Gasteiger partial charge in [0.05, 0.1) is 0 Å². The Labute approximate surface area is 122 Å². The fraction of sp³-hybridized carbons (Fsp3) is 0.143. The number of ether oxygens (including phenoxy) is 1. The summed E-state index contributed by atoms with van der Waals surface area (Å²) < 4.78 is 40.8. The van der Waals surface area contributed by atoms with E-state index in [1.54, 1.807) is 12.1 Å². The summed E-state index contributed by atoms with van der Waals surface area (Å²) in [4.78, 5) is 0. The molecule has 2 aromatic carbocycles. The highest BCUT2D eigenvalue weighted by Crippen LogP contribution is 2.24. The van der Waals surface area contributed by atoms with Crippen LogP contribution in [-0.4, -0.2) is 6.36 Å². The second-order valence-electron chi connectivity index (χ2n) is 4.03. The molecule has 0 aliphatic rings. The number of halogens is 4. The molecule has 0 aliphatic heterocycles. The maximum Gasteiger partial charge on any atom is 0.573 e. The number of anilines is 1. The van der Waals surface area contributed by atoms with E-state index in [1.807, 2.05) is 24.3 Å². The molecule has 0 amide bonds. The zero-order valence-electron chi connectivity index (χ0n) is 10.2. The van der Waals surface area contributed by atoms with Crippen molar-refractivity contribution in [2.45, 2.75) is 12.9 Å². The Morgan fingerprint density at radius 1 is 1.00 bits per heavy atom. The molecule has 0 bridgehead atoms. The van der Waals surface area contributed by atoms with Crippen molar-refractivity contribution in [2.75, 3.05) is 5.32 Å². The summed E-state index contributed by atoms with van der Waals surface area (Å²) in [6.45, 7) is 0.509. The van der Waals surface area contributed by atoms with Crippen molar-refractivity contribution in [2.24, 2.45) is 0 Å². The molecule has 2 aromatic rings. The minimum atomic E-state index is -4.66. The average molecular weight is 346 g/mol. The number of nitrogens with one attached hydrogen (secondary N) is 1. The van der Waals surface area contributed by atoms with Gasteiger partial charge >= 0.3 is 6.36 Å². The first-order valence-electron chi connectivity index (χ1n) is 5.77. The largest absolute Gasteiger partial charge is 0.573 e. The fourth-order valence-corrected chi connectivity index (χ4v) is 2.04. The Kier molecular flexibility index (Phi) is 4.54. The van der Waals surface area contributed by atoms with Crippen molar-refractivity contribution in [1.29, 1.82) is 0 Å². The van der Waals surface area contributed by atoms with E-state index in [0.29, 0.717) is 6.54 Å². The first-order chi connectivity index (χ1) is 9.44. The van der Waals surface area contributed by atoms with Gasteiger partial charge in [0.2, 0.25) is 0 Å². The molecule has 20 heavy (non-hydrogen) atoms. The molecule has 2 nitrogen and oxygen atoms in total. The van der Waals surface area contributed by atoms with Gasteiger partial charge in [-0.05, 0) is 45.8 Å².